The number of hydrogen-bond donors (Lipinski definition) is 2. The first kappa shape index (κ1) is 23.8. The molecule has 8 heteroatoms. The Labute approximate surface area is 201 Å². The first-order chi connectivity index (χ1) is 16.3. The molecule has 3 aromatic carbocycles. The third-order valence-corrected chi connectivity index (χ3v) is 7.27. The summed E-state index contributed by atoms with van der Waals surface area (Å²) in [6.45, 7) is 5.57. The summed E-state index contributed by atoms with van der Waals surface area (Å²) in [4.78, 5) is 17.5. The highest BCUT2D eigenvalue weighted by Gasteiger charge is 2.23. The maximum Gasteiger partial charge on any atom is 0.261 e. The Morgan fingerprint density at radius 2 is 1.68 bits per heavy atom. The van der Waals surface area contributed by atoms with Crippen molar-refractivity contribution in [2.75, 3.05) is 42.8 Å². The summed E-state index contributed by atoms with van der Waals surface area (Å²) in [5, 5.41) is 3.32. The van der Waals surface area contributed by atoms with Gasteiger partial charge in [0.1, 0.15) is 0 Å². The fraction of sp³-hybridized carbons (Fsp3) is 0.269. The number of carbonyl (C=O) groups is 1. The number of piperazine rings is 1. The summed E-state index contributed by atoms with van der Waals surface area (Å²) >= 11 is 0. The van der Waals surface area contributed by atoms with Crippen molar-refractivity contribution >= 4 is 27.3 Å². The molecule has 1 aliphatic rings. The van der Waals surface area contributed by atoms with Crippen molar-refractivity contribution in [1.82, 2.24) is 10.2 Å². The van der Waals surface area contributed by atoms with Gasteiger partial charge in [0.2, 0.25) is 0 Å². The number of amides is 1. The number of nitrogens with one attached hydrogen (secondary N) is 2. The number of sulfonamides is 1. The van der Waals surface area contributed by atoms with Gasteiger partial charge in [-0.05, 0) is 42.8 Å². The maximum atomic E-state index is 13.5. The number of carbonyl (C=O) groups excluding carboxylic acids is 1. The van der Waals surface area contributed by atoms with Crippen LogP contribution < -0.4 is 14.9 Å². The zero-order valence-corrected chi connectivity index (χ0v) is 20.3. The van der Waals surface area contributed by atoms with Crippen molar-refractivity contribution in [3.05, 3.63) is 89.5 Å². The molecule has 0 spiro atoms. The second kappa shape index (κ2) is 10.3. The highest BCUT2D eigenvalue weighted by Crippen LogP contribution is 2.28. The third-order valence-electron chi connectivity index (χ3n) is 5.88. The monoisotopic (exact) mass is 478 g/mol. The van der Waals surface area contributed by atoms with Crippen molar-refractivity contribution in [1.29, 1.82) is 0 Å². The lowest BCUT2D eigenvalue weighted by molar-refractivity contribution is 0.0785. The molecule has 0 aromatic heterocycles. The van der Waals surface area contributed by atoms with E-state index in [0.717, 1.165) is 43.0 Å². The molecule has 1 amide bonds. The molecule has 178 valence electrons. The van der Waals surface area contributed by atoms with Gasteiger partial charge in [-0.1, -0.05) is 48.0 Å². The molecular formula is C26H30N4O3S. The molecule has 1 aliphatic heterocycles. The molecule has 0 saturated carbocycles. The van der Waals surface area contributed by atoms with Crippen molar-refractivity contribution in [3.8, 4) is 0 Å². The van der Waals surface area contributed by atoms with E-state index in [1.165, 1.54) is 0 Å². The Bertz CT molecular complexity index is 1240. The summed E-state index contributed by atoms with van der Waals surface area (Å²) in [6.07, 6.45) is 0. The summed E-state index contributed by atoms with van der Waals surface area (Å²) in [5.41, 5.74) is 3.65. The highest BCUT2D eigenvalue weighted by molar-refractivity contribution is 7.92. The number of benzene rings is 3. The standard InChI is InChI=1S/C26H30N4O3S/c1-20-8-11-23(12-9-20)34(32,33)28-22-10-13-25(30-16-14-27-15-17-30)24(18-22)26(31)29(2)19-21-6-4-3-5-7-21/h3-13,18,27-28H,14-17,19H2,1-2H3. The van der Waals surface area contributed by atoms with E-state index >= 15 is 0 Å². The Kier molecular flexibility index (Phi) is 7.19. The van der Waals surface area contributed by atoms with Crippen molar-refractivity contribution in [2.45, 2.75) is 18.4 Å². The van der Waals surface area contributed by atoms with Crippen molar-refractivity contribution < 1.29 is 13.2 Å². The van der Waals surface area contributed by atoms with E-state index in [4.69, 9.17) is 0 Å². The number of anilines is 2. The third kappa shape index (κ3) is 5.58. The van der Waals surface area contributed by atoms with E-state index in [1.807, 2.05) is 43.3 Å². The van der Waals surface area contributed by atoms with Crippen LogP contribution in [0.4, 0.5) is 11.4 Å². The lowest BCUT2D eigenvalue weighted by Gasteiger charge is -2.32. The van der Waals surface area contributed by atoms with Crippen LogP contribution in [0.15, 0.2) is 77.7 Å². The number of nitrogens with zero attached hydrogens (tertiary/aromatic N) is 2. The van der Waals surface area contributed by atoms with E-state index in [1.54, 1.807) is 48.3 Å². The molecule has 3 aromatic rings. The fourth-order valence-corrected chi connectivity index (χ4v) is 5.07. The van der Waals surface area contributed by atoms with Crippen LogP contribution in [0.3, 0.4) is 0 Å². The van der Waals surface area contributed by atoms with Crippen LogP contribution in [0.25, 0.3) is 0 Å². The Morgan fingerprint density at radius 1 is 1.00 bits per heavy atom. The van der Waals surface area contributed by atoms with Gasteiger partial charge in [-0.2, -0.15) is 0 Å². The van der Waals surface area contributed by atoms with Crippen LogP contribution in [0.5, 0.6) is 0 Å². The molecule has 1 fully saturated rings. The van der Waals surface area contributed by atoms with Gasteiger partial charge in [0.05, 0.1) is 10.5 Å². The number of hydrogen-bond acceptors (Lipinski definition) is 5. The normalized spacial score (nSPS) is 14.0. The summed E-state index contributed by atoms with van der Waals surface area (Å²) in [5.74, 6) is -0.159. The van der Waals surface area contributed by atoms with Crippen molar-refractivity contribution in [2.24, 2.45) is 0 Å². The summed E-state index contributed by atoms with van der Waals surface area (Å²) in [7, 11) is -2.01. The summed E-state index contributed by atoms with van der Waals surface area (Å²) < 4.78 is 28.5. The van der Waals surface area contributed by atoms with Gasteiger partial charge in [-0.15, -0.1) is 0 Å². The van der Waals surface area contributed by atoms with Crippen LogP contribution in [0.1, 0.15) is 21.5 Å². The van der Waals surface area contributed by atoms with Gasteiger partial charge in [-0.25, -0.2) is 8.42 Å². The molecular weight excluding hydrogens is 448 g/mol. The maximum absolute atomic E-state index is 13.5. The predicted octanol–water partition coefficient (Wildman–Crippen LogP) is 3.48. The molecule has 0 radical (unpaired) electrons. The fourth-order valence-electron chi connectivity index (χ4n) is 4.02. The van der Waals surface area contributed by atoms with E-state index < -0.39 is 10.0 Å². The molecule has 1 saturated heterocycles. The minimum Gasteiger partial charge on any atom is -0.368 e. The zero-order chi connectivity index (χ0) is 24.1. The van der Waals surface area contributed by atoms with E-state index in [0.29, 0.717) is 17.8 Å². The summed E-state index contributed by atoms with van der Waals surface area (Å²) in [6, 6.07) is 21.7. The van der Waals surface area contributed by atoms with Crippen LogP contribution >= 0.6 is 0 Å². The quantitative estimate of drug-likeness (QED) is 0.543. The first-order valence-corrected chi connectivity index (χ1v) is 12.8. The van der Waals surface area contributed by atoms with Gasteiger partial charge in [0.25, 0.3) is 15.9 Å². The van der Waals surface area contributed by atoms with E-state index in [9.17, 15) is 13.2 Å². The van der Waals surface area contributed by atoms with Crippen LogP contribution in [-0.4, -0.2) is 52.5 Å². The van der Waals surface area contributed by atoms with Gasteiger partial charge in [0.15, 0.2) is 0 Å². The highest BCUT2D eigenvalue weighted by atomic mass is 32.2. The van der Waals surface area contributed by atoms with E-state index in [2.05, 4.69) is 14.9 Å². The van der Waals surface area contributed by atoms with Gasteiger partial charge < -0.3 is 15.1 Å². The second-order valence-corrected chi connectivity index (χ2v) is 10.2. The van der Waals surface area contributed by atoms with Crippen LogP contribution in [-0.2, 0) is 16.6 Å². The lowest BCUT2D eigenvalue weighted by Crippen LogP contribution is -2.44. The van der Waals surface area contributed by atoms with Gasteiger partial charge in [-0.3, -0.25) is 9.52 Å². The Morgan fingerprint density at radius 3 is 2.35 bits per heavy atom. The molecule has 34 heavy (non-hydrogen) atoms. The smallest absolute Gasteiger partial charge is 0.261 e. The average molecular weight is 479 g/mol. The topological polar surface area (TPSA) is 81.8 Å². The van der Waals surface area contributed by atoms with E-state index in [-0.39, 0.29) is 10.8 Å². The molecule has 2 N–H and O–H groups in total. The molecule has 1 heterocycles. The molecule has 0 unspecified atom stereocenters. The molecule has 0 bridgehead atoms. The molecule has 7 nitrogen and oxygen atoms in total. The minimum absolute atomic E-state index is 0.159. The first-order valence-electron chi connectivity index (χ1n) is 11.3. The molecule has 0 atom stereocenters. The largest absolute Gasteiger partial charge is 0.368 e. The van der Waals surface area contributed by atoms with Gasteiger partial charge in [0, 0.05) is 51.1 Å². The number of aryl methyl sites for hydroxylation is 1. The lowest BCUT2D eigenvalue weighted by atomic mass is 10.1. The Hall–Kier alpha value is -3.36. The second-order valence-electron chi connectivity index (χ2n) is 8.53. The minimum atomic E-state index is -3.78. The molecule has 0 aliphatic carbocycles. The zero-order valence-electron chi connectivity index (χ0n) is 19.5. The SMILES string of the molecule is Cc1ccc(S(=O)(=O)Nc2ccc(N3CCNCC3)c(C(=O)N(C)Cc3ccccc3)c2)cc1. The number of rotatable bonds is 7. The Balaban J connectivity index is 1.65. The predicted molar refractivity (Wildman–Crippen MR) is 136 cm³/mol. The van der Waals surface area contributed by atoms with Crippen LogP contribution in [0.2, 0.25) is 0 Å². The van der Waals surface area contributed by atoms with Crippen molar-refractivity contribution in [3.63, 3.8) is 0 Å². The molecule has 4 rings (SSSR count). The van der Waals surface area contributed by atoms with Gasteiger partial charge >= 0.3 is 0 Å². The van der Waals surface area contributed by atoms with Crippen LogP contribution in [0, 0.1) is 6.92 Å². The average Bonchev–Trinajstić information content (AvgIpc) is 2.84.